The second-order valence-corrected chi connectivity index (χ2v) is 8.68. The number of sulfonamides is 1. The molecule has 0 aromatic heterocycles. The summed E-state index contributed by atoms with van der Waals surface area (Å²) in [5.74, 6) is -1.82. The maximum Gasteiger partial charge on any atom is 0.293 e. The van der Waals surface area contributed by atoms with Gasteiger partial charge in [0.1, 0.15) is 17.2 Å². The van der Waals surface area contributed by atoms with E-state index < -0.39 is 42.9 Å². The standard InChI is InChI=1S/C19H19F2N3O6S/c20-14-3-1-2-13(10-14)18(25)23-31(28,29)15-4-5-16(17(11-15)24(26)27)22-12-19(21)6-8-30-9-7-19/h1-5,10-11,22H,6-9,12H2,(H,23,25). The first kappa shape index (κ1) is 22.6. The van der Waals surface area contributed by atoms with Crippen molar-refractivity contribution in [2.45, 2.75) is 23.4 Å². The van der Waals surface area contributed by atoms with Gasteiger partial charge >= 0.3 is 0 Å². The SMILES string of the molecule is O=C(NS(=O)(=O)c1ccc(NCC2(F)CCOCC2)c([N+](=O)[O-])c1)c1cccc(F)c1. The van der Waals surface area contributed by atoms with Crippen LogP contribution < -0.4 is 10.0 Å². The van der Waals surface area contributed by atoms with Gasteiger partial charge in [0.15, 0.2) is 0 Å². The van der Waals surface area contributed by atoms with Gasteiger partial charge in [0.05, 0.1) is 9.82 Å². The second-order valence-electron chi connectivity index (χ2n) is 7.00. The zero-order valence-electron chi connectivity index (χ0n) is 16.1. The van der Waals surface area contributed by atoms with Crippen LogP contribution in [0.2, 0.25) is 0 Å². The summed E-state index contributed by atoms with van der Waals surface area (Å²) in [5.41, 5.74) is -2.50. The van der Waals surface area contributed by atoms with E-state index in [-0.39, 0.29) is 43.9 Å². The van der Waals surface area contributed by atoms with Crippen molar-refractivity contribution < 1.29 is 31.7 Å². The summed E-state index contributed by atoms with van der Waals surface area (Å²) < 4.78 is 59.8. The molecule has 0 atom stereocenters. The molecule has 166 valence electrons. The Morgan fingerprint density at radius 3 is 2.55 bits per heavy atom. The van der Waals surface area contributed by atoms with E-state index in [0.29, 0.717) is 0 Å². The number of carbonyl (C=O) groups is 1. The van der Waals surface area contributed by atoms with Crippen LogP contribution in [0.5, 0.6) is 0 Å². The number of amides is 1. The third-order valence-corrected chi connectivity index (χ3v) is 6.10. The molecule has 2 N–H and O–H groups in total. The number of halogens is 2. The number of nitro benzene ring substituents is 1. The molecule has 0 unspecified atom stereocenters. The van der Waals surface area contributed by atoms with Gasteiger partial charge in [-0.2, -0.15) is 0 Å². The highest BCUT2D eigenvalue weighted by molar-refractivity contribution is 7.90. The molecule has 0 radical (unpaired) electrons. The van der Waals surface area contributed by atoms with Gasteiger partial charge in [-0.05, 0) is 30.3 Å². The lowest BCUT2D eigenvalue weighted by Gasteiger charge is -2.29. The minimum Gasteiger partial charge on any atom is -0.381 e. The molecule has 1 fully saturated rings. The summed E-state index contributed by atoms with van der Waals surface area (Å²) >= 11 is 0. The Balaban J connectivity index is 1.80. The van der Waals surface area contributed by atoms with E-state index >= 15 is 0 Å². The van der Waals surface area contributed by atoms with Crippen LogP contribution in [0, 0.1) is 15.9 Å². The molecular formula is C19H19F2N3O6S. The van der Waals surface area contributed by atoms with Crippen molar-refractivity contribution in [2.24, 2.45) is 0 Å². The predicted octanol–water partition coefficient (Wildman–Crippen LogP) is 2.78. The molecular weight excluding hydrogens is 436 g/mol. The Labute approximate surface area is 176 Å². The lowest BCUT2D eigenvalue weighted by atomic mass is 9.96. The Hall–Kier alpha value is -3.12. The third kappa shape index (κ3) is 5.52. The summed E-state index contributed by atoms with van der Waals surface area (Å²) in [6.07, 6.45) is 0.263. The summed E-state index contributed by atoms with van der Waals surface area (Å²) in [6, 6.07) is 7.32. The van der Waals surface area contributed by atoms with Gasteiger partial charge in [0.2, 0.25) is 0 Å². The van der Waals surface area contributed by atoms with Crippen molar-refractivity contribution in [3.8, 4) is 0 Å². The van der Waals surface area contributed by atoms with Crippen molar-refractivity contribution in [1.29, 1.82) is 0 Å². The Morgan fingerprint density at radius 1 is 1.19 bits per heavy atom. The number of rotatable bonds is 7. The molecule has 1 heterocycles. The number of benzene rings is 2. The van der Waals surface area contributed by atoms with Crippen molar-refractivity contribution in [2.75, 3.05) is 25.1 Å². The van der Waals surface area contributed by atoms with Crippen LogP contribution in [0.4, 0.5) is 20.2 Å². The average molecular weight is 455 g/mol. The lowest BCUT2D eigenvalue weighted by molar-refractivity contribution is -0.384. The highest BCUT2D eigenvalue weighted by Crippen LogP contribution is 2.31. The van der Waals surface area contributed by atoms with Crippen LogP contribution in [0.1, 0.15) is 23.2 Å². The van der Waals surface area contributed by atoms with Crippen molar-refractivity contribution in [1.82, 2.24) is 4.72 Å². The fourth-order valence-electron chi connectivity index (χ4n) is 3.02. The fraction of sp³-hybridized carbons (Fsp3) is 0.316. The van der Waals surface area contributed by atoms with Gasteiger partial charge in [-0.3, -0.25) is 14.9 Å². The van der Waals surface area contributed by atoms with Crippen LogP contribution in [-0.2, 0) is 14.8 Å². The van der Waals surface area contributed by atoms with Gasteiger partial charge in [-0.1, -0.05) is 6.07 Å². The van der Waals surface area contributed by atoms with E-state index in [1.807, 2.05) is 0 Å². The van der Waals surface area contributed by atoms with Crippen LogP contribution >= 0.6 is 0 Å². The summed E-state index contributed by atoms with van der Waals surface area (Å²) in [4.78, 5) is 22.2. The smallest absolute Gasteiger partial charge is 0.293 e. The van der Waals surface area contributed by atoms with Gasteiger partial charge in [0, 0.05) is 44.2 Å². The molecule has 9 nitrogen and oxygen atoms in total. The number of ether oxygens (including phenoxy) is 1. The number of anilines is 1. The van der Waals surface area contributed by atoms with Crippen LogP contribution in [0.3, 0.4) is 0 Å². The van der Waals surface area contributed by atoms with Gasteiger partial charge in [-0.25, -0.2) is 21.9 Å². The molecule has 2 aromatic carbocycles. The molecule has 0 spiro atoms. The normalized spacial score (nSPS) is 15.8. The number of nitrogens with one attached hydrogen (secondary N) is 2. The molecule has 3 rings (SSSR count). The Kier molecular flexibility index (Phi) is 6.51. The van der Waals surface area contributed by atoms with Gasteiger partial charge in [0.25, 0.3) is 21.6 Å². The van der Waals surface area contributed by atoms with E-state index in [0.717, 1.165) is 30.3 Å². The summed E-state index contributed by atoms with van der Waals surface area (Å²) in [5, 5.41) is 14.1. The zero-order chi connectivity index (χ0) is 22.6. The molecule has 1 amide bonds. The van der Waals surface area contributed by atoms with E-state index in [1.165, 1.54) is 12.1 Å². The number of nitrogens with zero attached hydrogens (tertiary/aromatic N) is 1. The van der Waals surface area contributed by atoms with E-state index in [9.17, 15) is 32.1 Å². The first-order valence-corrected chi connectivity index (χ1v) is 10.7. The molecule has 2 aromatic rings. The molecule has 0 aliphatic carbocycles. The maximum absolute atomic E-state index is 14.7. The minimum absolute atomic E-state index is 0.0658. The second kappa shape index (κ2) is 8.94. The van der Waals surface area contributed by atoms with Crippen LogP contribution in [-0.4, -0.2) is 44.7 Å². The van der Waals surface area contributed by atoms with Crippen molar-refractivity contribution in [3.63, 3.8) is 0 Å². The van der Waals surface area contributed by atoms with Crippen LogP contribution in [0.25, 0.3) is 0 Å². The van der Waals surface area contributed by atoms with E-state index in [1.54, 1.807) is 4.72 Å². The maximum atomic E-state index is 14.7. The molecule has 1 aliphatic rings. The lowest BCUT2D eigenvalue weighted by Crippen LogP contribution is -2.38. The Morgan fingerprint density at radius 2 is 1.90 bits per heavy atom. The first-order chi connectivity index (χ1) is 14.6. The number of hydrogen-bond acceptors (Lipinski definition) is 7. The molecule has 31 heavy (non-hydrogen) atoms. The molecule has 0 saturated carbocycles. The molecule has 12 heteroatoms. The quantitative estimate of drug-likeness (QED) is 0.485. The van der Waals surface area contributed by atoms with E-state index in [4.69, 9.17) is 4.74 Å². The van der Waals surface area contributed by atoms with Crippen molar-refractivity contribution >= 4 is 27.3 Å². The van der Waals surface area contributed by atoms with Crippen molar-refractivity contribution in [3.05, 3.63) is 64.0 Å². The number of alkyl halides is 1. The minimum atomic E-state index is -4.49. The largest absolute Gasteiger partial charge is 0.381 e. The van der Waals surface area contributed by atoms with E-state index in [2.05, 4.69) is 5.32 Å². The van der Waals surface area contributed by atoms with Gasteiger partial charge in [-0.15, -0.1) is 0 Å². The topological polar surface area (TPSA) is 128 Å². The highest BCUT2D eigenvalue weighted by atomic mass is 32.2. The monoisotopic (exact) mass is 455 g/mol. The van der Waals surface area contributed by atoms with Crippen LogP contribution in [0.15, 0.2) is 47.4 Å². The third-order valence-electron chi connectivity index (χ3n) is 4.77. The van der Waals surface area contributed by atoms with Gasteiger partial charge < -0.3 is 10.1 Å². The molecule has 1 aliphatic heterocycles. The highest BCUT2D eigenvalue weighted by Gasteiger charge is 2.33. The number of nitro groups is 1. The first-order valence-electron chi connectivity index (χ1n) is 9.21. The average Bonchev–Trinajstić information content (AvgIpc) is 2.72. The fourth-order valence-corrected chi connectivity index (χ4v) is 4.01. The zero-order valence-corrected chi connectivity index (χ0v) is 17.0. The molecule has 0 bridgehead atoms. The number of hydrogen-bond donors (Lipinski definition) is 2. The summed E-state index contributed by atoms with van der Waals surface area (Å²) in [7, 11) is -4.49. The Bertz CT molecular complexity index is 1100. The molecule has 1 saturated heterocycles. The number of carbonyl (C=O) groups excluding carboxylic acids is 1. The summed E-state index contributed by atoms with van der Waals surface area (Å²) in [6.45, 7) is 0.268. The predicted molar refractivity (Wildman–Crippen MR) is 107 cm³/mol.